The Morgan fingerprint density at radius 3 is 1.00 bits per heavy atom. The molecule has 0 aromatic rings. The van der Waals surface area contributed by atoms with E-state index >= 15 is 0 Å². The largest absolute Gasteiger partial charge is 1.00 e. The van der Waals surface area contributed by atoms with Gasteiger partial charge in [-0.3, -0.25) is 0 Å². The minimum Gasteiger partial charge on any atom is -0.323 e. The van der Waals surface area contributed by atoms with Crippen molar-refractivity contribution >= 4 is 0 Å². The van der Waals surface area contributed by atoms with E-state index in [1.54, 1.807) is 0 Å². The zero-order valence-corrected chi connectivity index (χ0v) is 6.50. The molecule has 0 saturated carbocycles. The van der Waals surface area contributed by atoms with E-state index in [1.165, 1.54) is 5.92 Å². The molecule has 0 unspecified atom stereocenters. The van der Waals surface area contributed by atoms with E-state index in [2.05, 4.69) is 20.8 Å². The molecule has 0 atom stereocenters. The predicted octanol–water partition coefficient (Wildman–Crippen LogP) is -1.38. The second-order valence-corrected chi connectivity index (χ2v) is 1.50. The Labute approximate surface area is 56.2 Å². The van der Waals surface area contributed by atoms with Gasteiger partial charge in [0.05, 0.1) is 0 Å². The monoisotopic (exact) mass is 80.1 g/mol. The van der Waals surface area contributed by atoms with Crippen LogP contribution in [0.15, 0.2) is 0 Å². The Morgan fingerprint density at radius 2 is 1.00 bits per heavy atom. The van der Waals surface area contributed by atoms with Crippen LogP contribution >= 0.6 is 0 Å². The summed E-state index contributed by atoms with van der Waals surface area (Å²) >= 11 is 0. The molecule has 0 nitrogen and oxygen atoms in total. The van der Waals surface area contributed by atoms with Crippen LogP contribution in [-0.4, -0.2) is 0 Å². The van der Waals surface area contributed by atoms with Crippen molar-refractivity contribution in [2.75, 3.05) is 0 Å². The molecule has 0 aliphatic rings. The summed E-state index contributed by atoms with van der Waals surface area (Å²) in [6.45, 7) is 6.25. The molecule has 0 aliphatic carbocycles. The Kier molecular flexibility index (Phi) is 9.38. The summed E-state index contributed by atoms with van der Waals surface area (Å²) in [5.41, 5.74) is 0. The minimum atomic E-state index is 0. The van der Waals surface area contributed by atoms with Gasteiger partial charge in [0.15, 0.2) is 0 Å². The first-order valence-electron chi connectivity index (χ1n) is 1.50. The van der Waals surface area contributed by atoms with Crippen molar-refractivity contribution < 1.29 is 29.6 Å². The molecule has 26 valence electrons. The summed E-state index contributed by atoms with van der Waals surface area (Å²) in [6.07, 6.45) is 0. The molecule has 0 rings (SSSR count). The van der Waals surface area contributed by atoms with Gasteiger partial charge in [-0.05, 0) is 0 Å². The van der Waals surface area contributed by atoms with Crippen molar-refractivity contribution in [1.29, 1.82) is 0 Å². The smallest absolute Gasteiger partial charge is 0.323 e. The average molecular weight is 80.1 g/mol. The van der Waals surface area contributed by atoms with Crippen LogP contribution in [0, 0.1) is 5.92 Å². The van der Waals surface area contributed by atoms with Gasteiger partial charge in [0.1, 0.15) is 0 Å². The normalized spacial score (nSPS) is 7.20. The van der Waals surface area contributed by atoms with Crippen molar-refractivity contribution in [2.24, 2.45) is 0 Å². The predicted molar refractivity (Wildman–Crippen MR) is 20.3 cm³/mol. The summed E-state index contributed by atoms with van der Waals surface area (Å²) < 4.78 is 0. The van der Waals surface area contributed by atoms with Crippen LogP contribution < -0.4 is 29.6 Å². The van der Waals surface area contributed by atoms with E-state index in [4.69, 9.17) is 0 Å². The topological polar surface area (TPSA) is 0 Å². The number of rotatable bonds is 0. The van der Waals surface area contributed by atoms with E-state index < -0.39 is 0 Å². The van der Waals surface area contributed by atoms with Gasteiger partial charge in [-0.25, -0.2) is 0 Å². The second-order valence-electron chi connectivity index (χ2n) is 1.50. The van der Waals surface area contributed by atoms with Gasteiger partial charge in [0, 0.05) is 0 Å². The summed E-state index contributed by atoms with van der Waals surface area (Å²) in [4.78, 5) is 0. The van der Waals surface area contributed by atoms with E-state index in [-0.39, 0.29) is 29.6 Å². The van der Waals surface area contributed by atoms with E-state index in [0.717, 1.165) is 0 Å². The van der Waals surface area contributed by atoms with E-state index in [9.17, 15) is 0 Å². The van der Waals surface area contributed by atoms with Gasteiger partial charge in [-0.2, -0.15) is 20.8 Å². The third-order valence-electron chi connectivity index (χ3n) is 0. The van der Waals surface area contributed by atoms with Gasteiger partial charge in [-0.1, -0.05) is 0 Å². The maximum atomic E-state index is 2.08. The van der Waals surface area contributed by atoms with Crippen LogP contribution in [0.25, 0.3) is 0 Å². The standard InChI is InChI=1S/C4H9.Na/c1-4(2)3;/h1-3H3;/q-1;+1. The Morgan fingerprint density at radius 1 is 1.00 bits per heavy atom. The minimum absolute atomic E-state index is 0. The fraction of sp³-hybridized carbons (Fsp3) is 0.750. The molecule has 0 bridgehead atoms. The first kappa shape index (κ1) is 9.38. The summed E-state index contributed by atoms with van der Waals surface area (Å²) in [5, 5.41) is 0. The maximum absolute atomic E-state index is 2.08. The molecule has 0 aliphatic heterocycles. The van der Waals surface area contributed by atoms with Gasteiger partial charge in [-0.15, -0.1) is 0 Å². The van der Waals surface area contributed by atoms with Crippen molar-refractivity contribution in [3.8, 4) is 0 Å². The van der Waals surface area contributed by atoms with Crippen molar-refractivity contribution in [2.45, 2.75) is 20.8 Å². The fourth-order valence-corrected chi connectivity index (χ4v) is 0. The Hall–Kier alpha value is 1.00. The molecule has 0 amide bonds. The summed E-state index contributed by atoms with van der Waals surface area (Å²) in [6, 6.07) is 0. The number of hydrogen-bond donors (Lipinski definition) is 0. The summed E-state index contributed by atoms with van der Waals surface area (Å²) in [7, 11) is 0. The molecule has 0 saturated heterocycles. The quantitative estimate of drug-likeness (QED) is 0.248. The van der Waals surface area contributed by atoms with Crippen LogP contribution in [0.3, 0.4) is 0 Å². The molecule has 0 fully saturated rings. The molecule has 5 heavy (non-hydrogen) atoms. The molecular formula is C4H9Na. The third kappa shape index (κ3) is 45.0. The molecule has 0 radical (unpaired) electrons. The van der Waals surface area contributed by atoms with Crippen molar-refractivity contribution in [3.63, 3.8) is 0 Å². The van der Waals surface area contributed by atoms with Gasteiger partial charge in [0.25, 0.3) is 0 Å². The van der Waals surface area contributed by atoms with Gasteiger partial charge < -0.3 is 5.92 Å². The molecular weight excluding hydrogens is 71.0 g/mol. The first-order valence-corrected chi connectivity index (χ1v) is 1.50. The molecule has 0 heterocycles. The van der Waals surface area contributed by atoms with Crippen LogP contribution in [0.1, 0.15) is 20.8 Å². The Balaban J connectivity index is 0. The Bertz CT molecular complexity index is 8.36. The van der Waals surface area contributed by atoms with E-state index in [0.29, 0.717) is 0 Å². The third-order valence-corrected chi connectivity index (χ3v) is 0. The van der Waals surface area contributed by atoms with Crippen molar-refractivity contribution in [1.82, 2.24) is 0 Å². The van der Waals surface area contributed by atoms with Gasteiger partial charge >= 0.3 is 29.6 Å². The van der Waals surface area contributed by atoms with Crippen LogP contribution in [0.5, 0.6) is 0 Å². The van der Waals surface area contributed by atoms with Gasteiger partial charge in [0.2, 0.25) is 0 Å². The zero-order valence-electron chi connectivity index (χ0n) is 4.50. The van der Waals surface area contributed by atoms with E-state index in [1.807, 2.05) is 0 Å². The first-order chi connectivity index (χ1) is 1.73. The van der Waals surface area contributed by atoms with Crippen LogP contribution in [0.4, 0.5) is 0 Å². The molecule has 1 heteroatoms. The van der Waals surface area contributed by atoms with Crippen LogP contribution in [0.2, 0.25) is 0 Å². The van der Waals surface area contributed by atoms with Crippen molar-refractivity contribution in [3.05, 3.63) is 5.92 Å². The second kappa shape index (κ2) is 5.00. The summed E-state index contributed by atoms with van der Waals surface area (Å²) in [5.74, 6) is 1.42. The fourth-order valence-electron chi connectivity index (χ4n) is 0. The zero-order chi connectivity index (χ0) is 3.58. The number of hydrogen-bond acceptors (Lipinski definition) is 0. The molecule has 0 aromatic heterocycles. The maximum Gasteiger partial charge on any atom is 1.00 e. The average Bonchev–Trinajstić information content (AvgIpc) is 0.811. The molecule has 0 spiro atoms. The SMILES string of the molecule is C[C-](C)C.[Na+]. The molecule has 0 N–H and O–H groups in total. The molecule has 0 aromatic carbocycles. The van der Waals surface area contributed by atoms with Crippen LogP contribution in [-0.2, 0) is 0 Å².